The topological polar surface area (TPSA) is 70.0 Å². The highest BCUT2D eigenvalue weighted by atomic mass is 32.1. The van der Waals surface area contributed by atoms with Gasteiger partial charge in [-0.3, -0.25) is 0 Å². The fourth-order valence-corrected chi connectivity index (χ4v) is 2.89. The molecule has 0 amide bonds. The summed E-state index contributed by atoms with van der Waals surface area (Å²) in [5.41, 5.74) is 1.75. The van der Waals surface area contributed by atoms with Gasteiger partial charge in [0.25, 0.3) is 0 Å². The molecule has 0 saturated carbocycles. The number of nitrogens with zero attached hydrogens (tertiary/aromatic N) is 3. The van der Waals surface area contributed by atoms with Gasteiger partial charge in [0.2, 0.25) is 0 Å². The number of nitrogens with one attached hydrogen (secondary N) is 1. The van der Waals surface area contributed by atoms with E-state index in [9.17, 15) is 5.11 Å². The van der Waals surface area contributed by atoms with E-state index in [0.29, 0.717) is 18.8 Å². The summed E-state index contributed by atoms with van der Waals surface area (Å²) in [5, 5.41) is 16.6. The second kappa shape index (κ2) is 8.54. The predicted molar refractivity (Wildman–Crippen MR) is 97.8 cm³/mol. The molecule has 24 heavy (non-hydrogen) atoms. The van der Waals surface area contributed by atoms with Gasteiger partial charge in [-0.05, 0) is 19.9 Å². The van der Waals surface area contributed by atoms with Crippen molar-refractivity contribution in [3.05, 3.63) is 39.8 Å². The van der Waals surface area contributed by atoms with Crippen LogP contribution < -0.4 is 10.1 Å². The molecule has 130 valence electrons. The fourth-order valence-electron chi connectivity index (χ4n) is 2.29. The minimum absolute atomic E-state index is 0.136. The number of aromatic hydroxyl groups is 1. The van der Waals surface area contributed by atoms with E-state index >= 15 is 0 Å². The summed E-state index contributed by atoms with van der Waals surface area (Å²) >= 11 is 1.64. The summed E-state index contributed by atoms with van der Waals surface area (Å²) < 4.78 is 5.14. The lowest BCUT2D eigenvalue weighted by Crippen LogP contribution is -2.38. The van der Waals surface area contributed by atoms with Gasteiger partial charge in [-0.1, -0.05) is 12.1 Å². The summed E-state index contributed by atoms with van der Waals surface area (Å²) in [5.74, 6) is 1.36. The monoisotopic (exact) mass is 348 g/mol. The molecule has 0 saturated heterocycles. The van der Waals surface area contributed by atoms with Gasteiger partial charge in [-0.15, -0.1) is 11.3 Å². The van der Waals surface area contributed by atoms with Crippen LogP contribution in [0.4, 0.5) is 0 Å². The van der Waals surface area contributed by atoms with Crippen LogP contribution in [0.25, 0.3) is 0 Å². The highest BCUT2D eigenvalue weighted by molar-refractivity contribution is 7.09. The van der Waals surface area contributed by atoms with Crippen LogP contribution in [0.5, 0.6) is 11.5 Å². The van der Waals surface area contributed by atoms with Gasteiger partial charge < -0.3 is 20.1 Å². The number of guanidine groups is 1. The molecule has 0 atom stereocenters. The molecule has 1 aromatic heterocycles. The van der Waals surface area contributed by atoms with Crippen LogP contribution in [-0.4, -0.2) is 41.7 Å². The Morgan fingerprint density at radius 3 is 2.88 bits per heavy atom. The number of aryl methyl sites for hydroxylation is 1. The molecule has 7 heteroatoms. The Kier molecular flexibility index (Phi) is 6.43. The van der Waals surface area contributed by atoms with Gasteiger partial charge in [0.15, 0.2) is 17.5 Å². The average Bonchev–Trinajstić information content (AvgIpc) is 2.97. The van der Waals surface area contributed by atoms with E-state index in [2.05, 4.69) is 20.7 Å². The van der Waals surface area contributed by atoms with Crippen molar-refractivity contribution in [2.24, 2.45) is 4.99 Å². The number of thiazole rings is 1. The molecule has 0 aliphatic carbocycles. The summed E-state index contributed by atoms with van der Waals surface area (Å²) in [6.45, 7) is 5.84. The Balaban J connectivity index is 2.12. The standard InChI is InChI=1S/C17H24N4O2S/c1-5-18-17(21(3)10-14-11-24-12(2)20-14)19-9-13-7-6-8-15(23-4)16(13)22/h6-8,11,22H,5,9-10H2,1-4H3,(H,18,19). The van der Waals surface area contributed by atoms with Crippen LogP contribution in [-0.2, 0) is 13.1 Å². The summed E-state index contributed by atoms with van der Waals surface area (Å²) in [7, 11) is 3.51. The smallest absolute Gasteiger partial charge is 0.194 e. The number of phenols is 1. The third-order valence-electron chi connectivity index (χ3n) is 3.46. The molecule has 2 N–H and O–H groups in total. The highest BCUT2D eigenvalue weighted by Gasteiger charge is 2.10. The Hall–Kier alpha value is -2.28. The number of methoxy groups -OCH3 is 1. The van der Waals surface area contributed by atoms with Gasteiger partial charge in [0.05, 0.1) is 30.9 Å². The van der Waals surface area contributed by atoms with E-state index in [-0.39, 0.29) is 5.75 Å². The van der Waals surface area contributed by atoms with E-state index in [1.807, 2.05) is 37.9 Å². The number of rotatable bonds is 6. The van der Waals surface area contributed by atoms with E-state index in [1.165, 1.54) is 7.11 Å². The number of hydrogen-bond donors (Lipinski definition) is 2. The molecule has 0 radical (unpaired) electrons. The van der Waals surface area contributed by atoms with Crippen molar-refractivity contribution in [2.45, 2.75) is 26.9 Å². The zero-order valence-electron chi connectivity index (χ0n) is 14.5. The number of ether oxygens (including phenoxy) is 1. The quantitative estimate of drug-likeness (QED) is 0.620. The molecule has 2 rings (SSSR count). The van der Waals surface area contributed by atoms with Gasteiger partial charge in [0.1, 0.15) is 0 Å². The van der Waals surface area contributed by atoms with E-state index < -0.39 is 0 Å². The molecule has 1 heterocycles. The minimum atomic E-state index is 0.136. The number of phenolic OH excluding ortho intramolecular Hbond substituents is 1. The molecule has 0 unspecified atom stereocenters. The lowest BCUT2D eigenvalue weighted by molar-refractivity contribution is 0.370. The first-order chi connectivity index (χ1) is 11.5. The van der Waals surface area contributed by atoms with Crippen LogP contribution >= 0.6 is 11.3 Å². The second-order valence-corrected chi connectivity index (χ2v) is 6.41. The number of aromatic nitrogens is 1. The first-order valence-electron chi connectivity index (χ1n) is 7.80. The number of aliphatic imine (C=N–C) groups is 1. The van der Waals surface area contributed by atoms with Crippen LogP contribution in [0.2, 0.25) is 0 Å². The fraction of sp³-hybridized carbons (Fsp3) is 0.412. The summed E-state index contributed by atoms with van der Waals surface area (Å²) in [6, 6.07) is 5.41. The molecule has 1 aromatic carbocycles. The maximum atomic E-state index is 10.2. The van der Waals surface area contributed by atoms with Crippen molar-refractivity contribution in [2.75, 3.05) is 20.7 Å². The third kappa shape index (κ3) is 4.61. The van der Waals surface area contributed by atoms with Crippen LogP contribution in [0.1, 0.15) is 23.2 Å². The van der Waals surface area contributed by atoms with Gasteiger partial charge in [-0.2, -0.15) is 0 Å². The van der Waals surface area contributed by atoms with Crippen molar-refractivity contribution in [1.82, 2.24) is 15.2 Å². The van der Waals surface area contributed by atoms with Crippen molar-refractivity contribution in [1.29, 1.82) is 0 Å². The SMILES string of the molecule is CCNC(=NCc1cccc(OC)c1O)N(C)Cc1csc(C)n1. The number of benzene rings is 1. The van der Waals surface area contributed by atoms with Crippen molar-refractivity contribution < 1.29 is 9.84 Å². The predicted octanol–water partition coefficient (Wildman–Crippen LogP) is 2.76. The molecule has 6 nitrogen and oxygen atoms in total. The Morgan fingerprint density at radius 2 is 2.25 bits per heavy atom. The average molecular weight is 348 g/mol. The van der Waals surface area contributed by atoms with Crippen molar-refractivity contribution >= 4 is 17.3 Å². The molecule has 2 aromatic rings. The molecule has 0 spiro atoms. The van der Waals surface area contributed by atoms with Crippen molar-refractivity contribution in [3.63, 3.8) is 0 Å². The molecule has 0 fully saturated rings. The zero-order valence-corrected chi connectivity index (χ0v) is 15.4. The van der Waals surface area contributed by atoms with Gasteiger partial charge >= 0.3 is 0 Å². The maximum Gasteiger partial charge on any atom is 0.194 e. The summed E-state index contributed by atoms with van der Waals surface area (Å²) in [6.07, 6.45) is 0. The highest BCUT2D eigenvalue weighted by Crippen LogP contribution is 2.29. The molecule has 0 bridgehead atoms. The van der Waals surface area contributed by atoms with Crippen LogP contribution in [0.15, 0.2) is 28.6 Å². The van der Waals surface area contributed by atoms with E-state index in [1.54, 1.807) is 17.4 Å². The molecular weight excluding hydrogens is 324 g/mol. The van der Waals surface area contributed by atoms with E-state index in [4.69, 9.17) is 4.74 Å². The number of para-hydroxylation sites is 1. The first-order valence-corrected chi connectivity index (χ1v) is 8.68. The third-order valence-corrected chi connectivity index (χ3v) is 4.29. The Labute approximate surface area is 146 Å². The second-order valence-electron chi connectivity index (χ2n) is 5.35. The maximum absolute atomic E-state index is 10.2. The lowest BCUT2D eigenvalue weighted by atomic mass is 10.2. The Bertz CT molecular complexity index is 700. The van der Waals surface area contributed by atoms with Gasteiger partial charge in [-0.25, -0.2) is 9.98 Å². The normalized spacial score (nSPS) is 11.4. The number of hydrogen-bond acceptors (Lipinski definition) is 5. The van der Waals surface area contributed by atoms with E-state index in [0.717, 1.165) is 28.8 Å². The first kappa shape index (κ1) is 18.1. The van der Waals surface area contributed by atoms with Crippen LogP contribution in [0, 0.1) is 6.92 Å². The summed E-state index contributed by atoms with van der Waals surface area (Å²) in [4.78, 5) is 11.1. The van der Waals surface area contributed by atoms with Crippen molar-refractivity contribution in [3.8, 4) is 11.5 Å². The minimum Gasteiger partial charge on any atom is -0.504 e. The largest absolute Gasteiger partial charge is 0.504 e. The zero-order chi connectivity index (χ0) is 17.5. The van der Waals surface area contributed by atoms with Gasteiger partial charge in [0, 0.05) is 24.5 Å². The molecular formula is C17H24N4O2S. The molecule has 0 aliphatic rings. The molecule has 0 aliphatic heterocycles. The Morgan fingerprint density at radius 1 is 1.46 bits per heavy atom. The lowest BCUT2D eigenvalue weighted by Gasteiger charge is -2.21. The van der Waals surface area contributed by atoms with Crippen LogP contribution in [0.3, 0.4) is 0 Å².